The number of terminal acetylenes is 2. The molecule has 0 radical (unpaired) electrons. The molecule has 0 aromatic carbocycles. The molecule has 12 heavy (non-hydrogen) atoms. The number of hydrogen-bond acceptors (Lipinski definition) is 1. The zero-order valence-corrected chi connectivity index (χ0v) is 8.02. The van der Waals surface area contributed by atoms with Crippen molar-refractivity contribution < 1.29 is 4.57 Å². The summed E-state index contributed by atoms with van der Waals surface area (Å²) in [5, 5.41) is 0. The van der Waals surface area contributed by atoms with E-state index in [-0.39, 0.29) is 0 Å². The van der Waals surface area contributed by atoms with Crippen LogP contribution in [0.25, 0.3) is 0 Å². The lowest BCUT2D eigenvalue weighted by Crippen LogP contribution is -1.96. The molecular weight excluding hydrogens is 167 g/mol. The predicted octanol–water partition coefficient (Wildman–Crippen LogP) is 2.19. The first-order valence-corrected chi connectivity index (χ1v) is 5.99. The molecule has 0 aliphatic carbocycles. The summed E-state index contributed by atoms with van der Waals surface area (Å²) < 4.78 is 11.8. The van der Waals surface area contributed by atoms with Crippen LogP contribution in [0.15, 0.2) is 12.7 Å². The molecule has 0 aliphatic heterocycles. The number of hydrogen-bond donors (Lipinski definition) is 0. The summed E-state index contributed by atoms with van der Waals surface area (Å²) in [6.45, 7) is 3.56. The van der Waals surface area contributed by atoms with Gasteiger partial charge in [0.05, 0.1) is 12.3 Å². The number of allylic oxidation sites excluding steroid dienone is 1. The number of rotatable bonds is 5. The van der Waals surface area contributed by atoms with Gasteiger partial charge in [0.25, 0.3) is 0 Å². The first-order chi connectivity index (χ1) is 5.68. The van der Waals surface area contributed by atoms with Crippen molar-refractivity contribution in [2.45, 2.75) is 6.42 Å². The van der Waals surface area contributed by atoms with Crippen LogP contribution in [-0.4, -0.2) is 18.5 Å². The molecule has 0 bridgehead atoms. The van der Waals surface area contributed by atoms with Gasteiger partial charge in [0.1, 0.15) is 7.14 Å². The third kappa shape index (κ3) is 4.07. The summed E-state index contributed by atoms with van der Waals surface area (Å²) in [7, 11) is -2.28. The quantitative estimate of drug-likeness (QED) is 0.360. The van der Waals surface area contributed by atoms with Crippen LogP contribution in [0.5, 0.6) is 0 Å². The van der Waals surface area contributed by atoms with Gasteiger partial charge in [0.2, 0.25) is 0 Å². The maximum atomic E-state index is 11.8. The highest BCUT2D eigenvalue weighted by Gasteiger charge is 2.17. The summed E-state index contributed by atoms with van der Waals surface area (Å²) in [5.74, 6) is 4.82. The van der Waals surface area contributed by atoms with E-state index in [1.54, 1.807) is 6.08 Å². The fourth-order valence-electron chi connectivity index (χ4n) is 0.873. The highest BCUT2D eigenvalue weighted by Crippen LogP contribution is 2.44. The maximum Gasteiger partial charge on any atom is 0.111 e. The van der Waals surface area contributed by atoms with Gasteiger partial charge >= 0.3 is 0 Å². The highest BCUT2D eigenvalue weighted by molar-refractivity contribution is 7.64. The minimum Gasteiger partial charge on any atom is -0.322 e. The Hall–Kier alpha value is -0.910. The molecule has 0 N–H and O–H groups in total. The first kappa shape index (κ1) is 11.1. The Labute approximate surface area is 74.6 Å². The molecule has 0 rings (SSSR count). The van der Waals surface area contributed by atoms with Gasteiger partial charge in [-0.3, -0.25) is 0 Å². The maximum absolute atomic E-state index is 11.8. The van der Waals surface area contributed by atoms with Crippen molar-refractivity contribution in [3.8, 4) is 24.7 Å². The van der Waals surface area contributed by atoms with Crippen molar-refractivity contribution in [3.05, 3.63) is 12.7 Å². The molecule has 64 valence electrons. The second kappa shape index (κ2) is 5.70. The van der Waals surface area contributed by atoms with Crippen LogP contribution < -0.4 is 0 Å². The van der Waals surface area contributed by atoms with E-state index in [4.69, 9.17) is 12.8 Å². The summed E-state index contributed by atoms with van der Waals surface area (Å²) in [6, 6.07) is 0. The Morgan fingerprint density at radius 1 is 1.33 bits per heavy atom. The largest absolute Gasteiger partial charge is 0.322 e. The minimum absolute atomic E-state index is 0.311. The molecule has 0 aliphatic rings. The van der Waals surface area contributed by atoms with Gasteiger partial charge in [-0.25, -0.2) is 0 Å². The second-order valence-electron chi connectivity index (χ2n) is 2.58. The SMILES string of the molecule is C#CCP(=O)(CC#C)CCC=C. The normalized spacial score (nSPS) is 9.83. The Kier molecular flexibility index (Phi) is 5.27. The van der Waals surface area contributed by atoms with Crippen LogP contribution >= 0.6 is 7.14 Å². The van der Waals surface area contributed by atoms with E-state index < -0.39 is 7.14 Å². The monoisotopic (exact) mass is 180 g/mol. The van der Waals surface area contributed by atoms with Crippen molar-refractivity contribution in [2.75, 3.05) is 18.5 Å². The predicted molar refractivity (Wildman–Crippen MR) is 54.7 cm³/mol. The average molecular weight is 180 g/mol. The third-order valence-corrected chi connectivity index (χ3v) is 4.09. The topological polar surface area (TPSA) is 17.1 Å². The van der Waals surface area contributed by atoms with Gasteiger partial charge in [0.15, 0.2) is 0 Å². The van der Waals surface area contributed by atoms with E-state index in [2.05, 4.69) is 18.4 Å². The lowest BCUT2D eigenvalue weighted by atomic mass is 10.5. The Bertz CT molecular complexity index is 245. The molecule has 0 amide bonds. The van der Waals surface area contributed by atoms with Crippen LogP contribution in [-0.2, 0) is 4.57 Å². The van der Waals surface area contributed by atoms with Crippen molar-refractivity contribution in [1.82, 2.24) is 0 Å². The van der Waals surface area contributed by atoms with Gasteiger partial charge in [-0.2, -0.15) is 0 Å². The van der Waals surface area contributed by atoms with Crippen molar-refractivity contribution in [2.24, 2.45) is 0 Å². The van der Waals surface area contributed by atoms with Crippen LogP contribution in [0.2, 0.25) is 0 Å². The second-order valence-corrected chi connectivity index (χ2v) is 5.78. The lowest BCUT2D eigenvalue weighted by molar-refractivity contribution is 0.579. The van der Waals surface area contributed by atoms with Gasteiger partial charge in [-0.1, -0.05) is 17.9 Å². The summed E-state index contributed by atoms with van der Waals surface area (Å²) in [6.07, 6.45) is 13.9. The molecule has 0 aromatic rings. The molecule has 0 unspecified atom stereocenters. The van der Waals surface area contributed by atoms with Crippen LogP contribution in [0.4, 0.5) is 0 Å². The van der Waals surface area contributed by atoms with Gasteiger partial charge in [-0.05, 0) is 6.42 Å². The molecule has 0 heterocycles. The van der Waals surface area contributed by atoms with E-state index in [0.717, 1.165) is 6.42 Å². The van der Waals surface area contributed by atoms with Gasteiger partial charge in [0, 0.05) is 6.16 Å². The van der Waals surface area contributed by atoms with Crippen LogP contribution in [0.3, 0.4) is 0 Å². The van der Waals surface area contributed by atoms with E-state index in [9.17, 15) is 4.57 Å². The molecular formula is C10H13OP. The molecule has 0 fully saturated rings. The molecule has 0 aromatic heterocycles. The molecule has 0 spiro atoms. The van der Waals surface area contributed by atoms with Gasteiger partial charge in [-0.15, -0.1) is 19.4 Å². The molecule has 2 heteroatoms. The smallest absolute Gasteiger partial charge is 0.111 e. The van der Waals surface area contributed by atoms with E-state index in [1.165, 1.54) is 0 Å². The fourth-order valence-corrected chi connectivity index (χ4v) is 2.62. The first-order valence-electron chi connectivity index (χ1n) is 3.73. The summed E-state index contributed by atoms with van der Waals surface area (Å²) >= 11 is 0. The summed E-state index contributed by atoms with van der Waals surface area (Å²) in [4.78, 5) is 0. The molecule has 1 nitrogen and oxygen atoms in total. The molecule has 0 atom stereocenters. The Morgan fingerprint density at radius 3 is 2.17 bits per heavy atom. The zero-order valence-electron chi connectivity index (χ0n) is 7.12. The Balaban J connectivity index is 4.22. The molecule has 0 saturated heterocycles. The van der Waals surface area contributed by atoms with Crippen LogP contribution in [0.1, 0.15) is 6.42 Å². The standard InChI is InChI=1S/C10H13OP/c1-4-7-10-12(11,8-5-2)9-6-3/h2-4H,1,7-10H2. The third-order valence-electron chi connectivity index (χ3n) is 1.50. The zero-order chi connectivity index (χ0) is 9.45. The van der Waals surface area contributed by atoms with Crippen molar-refractivity contribution in [3.63, 3.8) is 0 Å². The van der Waals surface area contributed by atoms with E-state index in [1.807, 2.05) is 0 Å². The van der Waals surface area contributed by atoms with Crippen molar-refractivity contribution >= 4 is 7.14 Å². The van der Waals surface area contributed by atoms with Gasteiger partial charge < -0.3 is 4.57 Å². The van der Waals surface area contributed by atoms with E-state index in [0.29, 0.717) is 18.5 Å². The lowest BCUT2D eigenvalue weighted by Gasteiger charge is -2.10. The van der Waals surface area contributed by atoms with Crippen LogP contribution in [0, 0.1) is 24.7 Å². The fraction of sp³-hybridized carbons (Fsp3) is 0.400. The highest BCUT2D eigenvalue weighted by atomic mass is 31.2. The van der Waals surface area contributed by atoms with E-state index >= 15 is 0 Å². The molecule has 0 saturated carbocycles. The average Bonchev–Trinajstić information content (AvgIpc) is 2.02. The summed E-state index contributed by atoms with van der Waals surface area (Å²) in [5.41, 5.74) is 0. The van der Waals surface area contributed by atoms with Crippen molar-refractivity contribution in [1.29, 1.82) is 0 Å². The Morgan fingerprint density at radius 2 is 1.83 bits per heavy atom. The minimum atomic E-state index is -2.28.